The van der Waals surface area contributed by atoms with Crippen LogP contribution in [0.1, 0.15) is 24.3 Å². The minimum Gasteiger partial charge on any atom is -0.283 e. The first-order valence-electron chi connectivity index (χ1n) is 6.81. The normalized spacial score (nSPS) is 16.9. The second kappa shape index (κ2) is 5.48. The number of rotatable bonds is 3. The van der Waals surface area contributed by atoms with Gasteiger partial charge in [0.25, 0.3) is 5.56 Å². The summed E-state index contributed by atoms with van der Waals surface area (Å²) in [6.07, 6.45) is 4.66. The van der Waals surface area contributed by atoms with E-state index in [4.69, 9.17) is 4.98 Å². The molecule has 21 heavy (non-hydrogen) atoms. The molecule has 1 aliphatic rings. The van der Waals surface area contributed by atoms with E-state index >= 15 is 0 Å². The van der Waals surface area contributed by atoms with Gasteiger partial charge in [0.15, 0.2) is 5.16 Å². The summed E-state index contributed by atoms with van der Waals surface area (Å²) in [5.41, 5.74) is 1.31. The minimum absolute atomic E-state index is 0.0875. The Balaban J connectivity index is 2.30. The van der Waals surface area contributed by atoms with E-state index in [0.717, 1.165) is 27.5 Å². The Morgan fingerprint density at radius 3 is 2.95 bits per heavy atom. The first-order chi connectivity index (χ1) is 9.96. The predicted molar refractivity (Wildman–Crippen MR) is 94.9 cm³/mol. The summed E-state index contributed by atoms with van der Waals surface area (Å²) in [7, 11) is 0. The number of aromatic nitrogens is 2. The summed E-state index contributed by atoms with van der Waals surface area (Å²) in [5, 5.41) is 1.61. The second-order valence-corrected chi connectivity index (χ2v) is 9.25. The monoisotopic (exact) mass is 338 g/mol. The highest BCUT2D eigenvalue weighted by Crippen LogP contribution is 2.43. The molecule has 3 heterocycles. The topological polar surface area (TPSA) is 34.9 Å². The van der Waals surface area contributed by atoms with Gasteiger partial charge in [0, 0.05) is 21.9 Å². The van der Waals surface area contributed by atoms with E-state index < -0.39 is 0 Å². The van der Waals surface area contributed by atoms with Crippen LogP contribution in [0.15, 0.2) is 22.6 Å². The molecule has 0 N–H and O–H groups in total. The smallest absolute Gasteiger partial charge is 0.263 e. The van der Waals surface area contributed by atoms with Gasteiger partial charge >= 0.3 is 0 Å². The number of fused-ring (bicyclic) bond motifs is 3. The summed E-state index contributed by atoms with van der Waals surface area (Å²) >= 11 is 5.16. The van der Waals surface area contributed by atoms with E-state index in [9.17, 15) is 4.79 Å². The summed E-state index contributed by atoms with van der Waals surface area (Å²) in [6.45, 7) is 8.76. The van der Waals surface area contributed by atoms with Crippen molar-refractivity contribution in [2.24, 2.45) is 0 Å². The Morgan fingerprint density at radius 1 is 1.52 bits per heavy atom. The average molecular weight is 339 g/mol. The third-order valence-electron chi connectivity index (χ3n) is 3.65. The molecule has 0 bridgehead atoms. The maximum atomic E-state index is 12.9. The largest absolute Gasteiger partial charge is 0.283 e. The lowest BCUT2D eigenvalue weighted by Gasteiger charge is -2.28. The van der Waals surface area contributed by atoms with Crippen LogP contribution in [0.25, 0.3) is 10.2 Å². The van der Waals surface area contributed by atoms with Crippen LogP contribution in [-0.2, 0) is 18.7 Å². The molecule has 0 spiro atoms. The number of nitrogens with zero attached hydrogens (tertiary/aromatic N) is 2. The summed E-state index contributed by atoms with van der Waals surface area (Å²) in [6, 6.07) is 0. The zero-order valence-electron chi connectivity index (χ0n) is 12.4. The van der Waals surface area contributed by atoms with E-state index in [1.807, 2.05) is 18.0 Å². The van der Waals surface area contributed by atoms with Crippen LogP contribution in [0.2, 0.25) is 0 Å². The summed E-state index contributed by atoms with van der Waals surface area (Å²) < 4.78 is 1.93. The van der Waals surface area contributed by atoms with Crippen LogP contribution < -0.4 is 5.56 Å². The maximum Gasteiger partial charge on any atom is 0.263 e. The number of hydrogen-bond donors (Lipinski definition) is 0. The highest BCUT2D eigenvalue weighted by Gasteiger charge is 2.30. The van der Waals surface area contributed by atoms with Crippen molar-refractivity contribution >= 4 is 45.1 Å². The van der Waals surface area contributed by atoms with Gasteiger partial charge in [-0.05, 0) is 18.2 Å². The van der Waals surface area contributed by atoms with Crippen molar-refractivity contribution in [1.29, 1.82) is 0 Å². The molecule has 0 saturated carbocycles. The van der Waals surface area contributed by atoms with Crippen molar-refractivity contribution in [3.8, 4) is 0 Å². The molecule has 2 aromatic heterocycles. The summed E-state index contributed by atoms with van der Waals surface area (Å²) in [5.74, 6) is 0.985. The van der Waals surface area contributed by atoms with Gasteiger partial charge in [0.05, 0.1) is 5.39 Å². The molecule has 0 atom stereocenters. The Kier molecular flexibility index (Phi) is 3.96. The fourth-order valence-electron chi connectivity index (χ4n) is 2.65. The van der Waals surface area contributed by atoms with Gasteiger partial charge in [-0.25, -0.2) is 4.98 Å². The average Bonchev–Trinajstić information content (AvgIpc) is 2.78. The van der Waals surface area contributed by atoms with Gasteiger partial charge in [-0.1, -0.05) is 31.7 Å². The number of hydrogen-bond acceptors (Lipinski definition) is 5. The molecule has 0 amide bonds. The highest BCUT2D eigenvalue weighted by molar-refractivity contribution is 8.00. The van der Waals surface area contributed by atoms with E-state index in [-0.39, 0.29) is 10.3 Å². The Bertz CT molecular complexity index is 773. The Hall–Kier alpha value is -0.720. The van der Waals surface area contributed by atoms with Crippen LogP contribution in [0.3, 0.4) is 0 Å². The van der Waals surface area contributed by atoms with Crippen LogP contribution in [0.4, 0.5) is 0 Å². The van der Waals surface area contributed by atoms with Gasteiger partial charge in [-0.15, -0.1) is 29.7 Å². The van der Waals surface area contributed by atoms with E-state index in [1.54, 1.807) is 22.0 Å². The molecule has 0 saturated heterocycles. The molecule has 1 aliphatic heterocycles. The van der Waals surface area contributed by atoms with Gasteiger partial charge < -0.3 is 0 Å². The van der Waals surface area contributed by atoms with Crippen molar-refractivity contribution in [1.82, 2.24) is 9.55 Å². The van der Waals surface area contributed by atoms with Crippen molar-refractivity contribution < 1.29 is 0 Å². The molecule has 0 radical (unpaired) electrons. The van der Waals surface area contributed by atoms with Crippen molar-refractivity contribution in [2.75, 3.05) is 6.26 Å². The lowest BCUT2D eigenvalue weighted by Crippen LogP contribution is -2.26. The fraction of sp³-hybridized carbons (Fsp3) is 0.467. The van der Waals surface area contributed by atoms with E-state index in [1.165, 1.54) is 22.2 Å². The highest BCUT2D eigenvalue weighted by atomic mass is 32.2. The Morgan fingerprint density at radius 2 is 2.29 bits per heavy atom. The van der Waals surface area contributed by atoms with Crippen LogP contribution in [0.5, 0.6) is 0 Å². The lowest BCUT2D eigenvalue weighted by molar-refractivity contribution is 0.668. The van der Waals surface area contributed by atoms with Crippen molar-refractivity contribution in [2.45, 2.75) is 42.5 Å². The lowest BCUT2D eigenvalue weighted by atomic mass is 10.00. The third kappa shape index (κ3) is 2.58. The van der Waals surface area contributed by atoms with Crippen molar-refractivity contribution in [3.63, 3.8) is 0 Å². The zero-order chi connectivity index (χ0) is 15.2. The van der Waals surface area contributed by atoms with Crippen LogP contribution in [0, 0.1) is 0 Å². The standard InChI is InChI=1S/C15H18N2OS3/c1-5-6-17-13(18)11-9-7-15(2,3)20-8-10(9)21-12(11)16-14(17)19-4/h5H,1,6-8H2,2-4H3. The molecular formula is C15H18N2OS3. The predicted octanol–water partition coefficient (Wildman–Crippen LogP) is 3.93. The fourth-order valence-corrected chi connectivity index (χ4v) is 5.60. The molecule has 6 heteroatoms. The van der Waals surface area contributed by atoms with Crippen LogP contribution >= 0.6 is 34.9 Å². The molecular weight excluding hydrogens is 320 g/mol. The first kappa shape index (κ1) is 15.2. The summed E-state index contributed by atoms with van der Waals surface area (Å²) in [4.78, 5) is 19.8. The molecule has 3 nitrogen and oxygen atoms in total. The molecule has 3 rings (SSSR count). The SMILES string of the molecule is C=CCn1c(SC)nc2sc3c(c2c1=O)CC(C)(C)SC3. The van der Waals surface area contributed by atoms with Gasteiger partial charge in [0.2, 0.25) is 0 Å². The third-order valence-corrected chi connectivity index (χ3v) is 6.99. The van der Waals surface area contributed by atoms with Crippen LogP contribution in [-0.4, -0.2) is 20.6 Å². The van der Waals surface area contributed by atoms with Gasteiger partial charge in [0.1, 0.15) is 4.83 Å². The number of thiophene rings is 1. The molecule has 0 fully saturated rings. The van der Waals surface area contributed by atoms with E-state index in [2.05, 4.69) is 20.4 Å². The number of thioether (sulfide) groups is 2. The van der Waals surface area contributed by atoms with E-state index in [0.29, 0.717) is 6.54 Å². The molecule has 112 valence electrons. The first-order valence-corrected chi connectivity index (χ1v) is 9.83. The zero-order valence-corrected chi connectivity index (χ0v) is 14.9. The quantitative estimate of drug-likeness (QED) is 0.482. The maximum absolute atomic E-state index is 12.9. The molecule has 0 aliphatic carbocycles. The molecule has 2 aromatic rings. The molecule has 0 aromatic carbocycles. The van der Waals surface area contributed by atoms with Gasteiger partial charge in [-0.2, -0.15) is 0 Å². The minimum atomic E-state index is 0.0875. The second-order valence-electron chi connectivity index (χ2n) is 5.71. The van der Waals surface area contributed by atoms with Gasteiger partial charge in [-0.3, -0.25) is 9.36 Å². The number of allylic oxidation sites excluding steroid dienone is 1. The van der Waals surface area contributed by atoms with Crippen molar-refractivity contribution in [3.05, 3.63) is 33.4 Å². The molecule has 0 unspecified atom stereocenters. The Labute approximate surface area is 136 Å².